The minimum Gasteiger partial charge on any atom is -0.494 e. The smallest absolute Gasteiger partial charge is 0.321 e. The highest BCUT2D eigenvalue weighted by Gasteiger charge is 2.12. The Hall–Kier alpha value is -2.24. The summed E-state index contributed by atoms with van der Waals surface area (Å²) in [6.07, 6.45) is 0.874. The van der Waals surface area contributed by atoms with Crippen molar-refractivity contribution in [1.29, 1.82) is 0 Å². The number of nitrogens with one attached hydrogen (secondary N) is 1. The summed E-state index contributed by atoms with van der Waals surface area (Å²) in [4.78, 5) is 24.0. The van der Waals surface area contributed by atoms with Crippen molar-refractivity contribution in [2.75, 3.05) is 25.0 Å². The van der Waals surface area contributed by atoms with Crippen LogP contribution in [0, 0.1) is 0 Å². The van der Waals surface area contributed by atoms with E-state index >= 15 is 0 Å². The van der Waals surface area contributed by atoms with Crippen LogP contribution in [0.15, 0.2) is 24.3 Å². The molecule has 6 heteroatoms. The molecule has 21 heavy (non-hydrogen) atoms. The zero-order valence-corrected chi connectivity index (χ0v) is 12.5. The number of hydrogen-bond donors (Lipinski definition) is 2. The second-order valence-electron chi connectivity index (χ2n) is 4.53. The van der Waals surface area contributed by atoms with Gasteiger partial charge in [-0.05, 0) is 37.6 Å². The molecule has 0 fully saturated rings. The number of carbonyl (C=O) groups is 2. The molecular formula is C15H22N2O4. The zero-order chi connectivity index (χ0) is 15.7. The Bertz CT molecular complexity index is 459. The number of rotatable bonds is 8. The van der Waals surface area contributed by atoms with Gasteiger partial charge in [-0.3, -0.25) is 4.79 Å². The van der Waals surface area contributed by atoms with Crippen LogP contribution in [0.2, 0.25) is 0 Å². The minimum atomic E-state index is -0.918. The number of anilines is 1. The fourth-order valence-corrected chi connectivity index (χ4v) is 1.69. The van der Waals surface area contributed by atoms with Gasteiger partial charge in [0.05, 0.1) is 13.0 Å². The molecule has 1 aromatic carbocycles. The summed E-state index contributed by atoms with van der Waals surface area (Å²) in [6.45, 7) is 5.14. The monoisotopic (exact) mass is 294 g/mol. The molecule has 0 aromatic heterocycles. The van der Waals surface area contributed by atoms with E-state index in [9.17, 15) is 9.59 Å². The summed E-state index contributed by atoms with van der Waals surface area (Å²) in [6, 6.07) is 6.79. The molecule has 0 radical (unpaired) electrons. The molecule has 0 aliphatic carbocycles. The first-order valence-electron chi connectivity index (χ1n) is 7.07. The Morgan fingerprint density at radius 1 is 1.24 bits per heavy atom. The topological polar surface area (TPSA) is 78.9 Å². The van der Waals surface area contributed by atoms with Crippen LogP contribution >= 0.6 is 0 Å². The third-order valence-corrected chi connectivity index (χ3v) is 2.84. The SMILES string of the molecule is CCCOc1ccc(NC(=O)N(CC)CCC(=O)O)cc1. The van der Waals surface area contributed by atoms with E-state index in [0.717, 1.165) is 12.2 Å². The van der Waals surface area contributed by atoms with Crippen LogP contribution in [-0.4, -0.2) is 41.7 Å². The molecule has 2 N–H and O–H groups in total. The molecular weight excluding hydrogens is 272 g/mol. The van der Waals surface area contributed by atoms with Gasteiger partial charge in [0.2, 0.25) is 0 Å². The van der Waals surface area contributed by atoms with Crippen molar-refractivity contribution in [3.05, 3.63) is 24.3 Å². The number of benzene rings is 1. The summed E-state index contributed by atoms with van der Waals surface area (Å²) in [7, 11) is 0. The van der Waals surface area contributed by atoms with Gasteiger partial charge in [0.15, 0.2) is 0 Å². The summed E-state index contributed by atoms with van der Waals surface area (Å²) >= 11 is 0. The number of carbonyl (C=O) groups excluding carboxylic acids is 1. The van der Waals surface area contributed by atoms with Crippen LogP contribution in [0.25, 0.3) is 0 Å². The maximum atomic E-state index is 12.0. The fourth-order valence-electron chi connectivity index (χ4n) is 1.69. The van der Waals surface area contributed by atoms with Gasteiger partial charge >= 0.3 is 12.0 Å². The van der Waals surface area contributed by atoms with Gasteiger partial charge in [0, 0.05) is 18.8 Å². The molecule has 0 aliphatic heterocycles. The van der Waals surface area contributed by atoms with Gasteiger partial charge in [-0.1, -0.05) is 6.92 Å². The normalized spacial score (nSPS) is 10.0. The maximum absolute atomic E-state index is 12.0. The number of hydrogen-bond acceptors (Lipinski definition) is 3. The standard InChI is InChI=1S/C15H22N2O4/c1-3-11-21-13-7-5-12(6-8-13)16-15(20)17(4-2)10-9-14(18)19/h5-8H,3-4,9-11H2,1-2H3,(H,16,20)(H,18,19). The number of carboxylic acid groups (broad SMARTS) is 1. The van der Waals surface area contributed by atoms with Gasteiger partial charge in [-0.15, -0.1) is 0 Å². The van der Waals surface area contributed by atoms with E-state index in [1.807, 2.05) is 13.8 Å². The molecule has 0 aliphatic rings. The quantitative estimate of drug-likeness (QED) is 0.772. The predicted molar refractivity (Wildman–Crippen MR) is 80.7 cm³/mol. The van der Waals surface area contributed by atoms with E-state index in [4.69, 9.17) is 9.84 Å². The van der Waals surface area contributed by atoms with Crippen molar-refractivity contribution in [3.63, 3.8) is 0 Å². The van der Waals surface area contributed by atoms with Crippen LogP contribution in [0.3, 0.4) is 0 Å². The molecule has 0 saturated heterocycles. The molecule has 0 saturated carbocycles. The van der Waals surface area contributed by atoms with Crippen LogP contribution in [0.5, 0.6) is 5.75 Å². The fraction of sp³-hybridized carbons (Fsp3) is 0.467. The van der Waals surface area contributed by atoms with Crippen molar-refractivity contribution in [2.24, 2.45) is 0 Å². The number of ether oxygens (including phenoxy) is 1. The highest BCUT2D eigenvalue weighted by molar-refractivity contribution is 5.89. The second-order valence-corrected chi connectivity index (χ2v) is 4.53. The van der Waals surface area contributed by atoms with E-state index < -0.39 is 5.97 Å². The third-order valence-electron chi connectivity index (χ3n) is 2.84. The molecule has 116 valence electrons. The van der Waals surface area contributed by atoms with Gasteiger partial charge in [0.25, 0.3) is 0 Å². The Labute approximate surface area is 124 Å². The van der Waals surface area contributed by atoms with E-state index in [0.29, 0.717) is 18.8 Å². The first-order valence-corrected chi connectivity index (χ1v) is 7.07. The molecule has 1 rings (SSSR count). The Balaban J connectivity index is 2.54. The van der Waals surface area contributed by atoms with Crippen molar-refractivity contribution in [2.45, 2.75) is 26.7 Å². The van der Waals surface area contributed by atoms with E-state index in [-0.39, 0.29) is 19.0 Å². The molecule has 0 unspecified atom stereocenters. The average molecular weight is 294 g/mol. The van der Waals surface area contributed by atoms with Crippen LogP contribution in [0.4, 0.5) is 10.5 Å². The lowest BCUT2D eigenvalue weighted by molar-refractivity contribution is -0.137. The molecule has 1 aromatic rings. The van der Waals surface area contributed by atoms with E-state index in [1.165, 1.54) is 4.90 Å². The summed E-state index contributed by atoms with van der Waals surface area (Å²) < 4.78 is 5.46. The minimum absolute atomic E-state index is 0.0644. The van der Waals surface area contributed by atoms with Crippen molar-refractivity contribution in [3.8, 4) is 5.75 Å². The molecule has 2 amide bonds. The Morgan fingerprint density at radius 2 is 1.90 bits per heavy atom. The van der Waals surface area contributed by atoms with Gasteiger partial charge in [0.1, 0.15) is 5.75 Å². The van der Waals surface area contributed by atoms with Crippen molar-refractivity contribution >= 4 is 17.7 Å². The van der Waals surface area contributed by atoms with Crippen molar-refractivity contribution in [1.82, 2.24) is 4.90 Å². The summed E-state index contributed by atoms with van der Waals surface area (Å²) in [5.74, 6) is -0.160. The number of aliphatic carboxylic acids is 1. The van der Waals surface area contributed by atoms with Crippen LogP contribution in [0.1, 0.15) is 26.7 Å². The first-order chi connectivity index (χ1) is 10.1. The second kappa shape index (κ2) is 8.84. The molecule has 0 atom stereocenters. The van der Waals surface area contributed by atoms with Crippen LogP contribution in [-0.2, 0) is 4.79 Å². The Morgan fingerprint density at radius 3 is 2.43 bits per heavy atom. The summed E-state index contributed by atoms with van der Waals surface area (Å²) in [5.41, 5.74) is 0.651. The number of amides is 2. The first kappa shape index (κ1) is 16.8. The largest absolute Gasteiger partial charge is 0.494 e. The zero-order valence-electron chi connectivity index (χ0n) is 12.5. The number of nitrogens with zero attached hydrogens (tertiary/aromatic N) is 1. The van der Waals surface area contributed by atoms with Gasteiger partial charge in [-0.25, -0.2) is 4.79 Å². The average Bonchev–Trinajstić information content (AvgIpc) is 2.47. The number of carboxylic acids is 1. The summed E-state index contributed by atoms with van der Waals surface area (Å²) in [5, 5.41) is 11.4. The highest BCUT2D eigenvalue weighted by atomic mass is 16.5. The lowest BCUT2D eigenvalue weighted by atomic mass is 10.3. The molecule has 6 nitrogen and oxygen atoms in total. The molecule has 0 bridgehead atoms. The highest BCUT2D eigenvalue weighted by Crippen LogP contribution is 2.16. The van der Waals surface area contributed by atoms with Crippen molar-refractivity contribution < 1.29 is 19.4 Å². The third kappa shape index (κ3) is 6.16. The van der Waals surface area contributed by atoms with Crippen LogP contribution < -0.4 is 10.1 Å². The predicted octanol–water partition coefficient (Wildman–Crippen LogP) is 2.80. The maximum Gasteiger partial charge on any atom is 0.321 e. The van der Waals surface area contributed by atoms with Gasteiger partial charge in [-0.2, -0.15) is 0 Å². The number of urea groups is 1. The lowest BCUT2D eigenvalue weighted by Gasteiger charge is -2.20. The lowest BCUT2D eigenvalue weighted by Crippen LogP contribution is -2.36. The van der Waals surface area contributed by atoms with Gasteiger partial charge < -0.3 is 20.1 Å². The molecule has 0 heterocycles. The molecule has 0 spiro atoms. The van der Waals surface area contributed by atoms with E-state index in [1.54, 1.807) is 24.3 Å². The van der Waals surface area contributed by atoms with E-state index in [2.05, 4.69) is 5.32 Å². The Kier molecular flexibility index (Phi) is 7.08.